The van der Waals surface area contributed by atoms with E-state index in [0.717, 1.165) is 0 Å². The van der Waals surface area contributed by atoms with Crippen molar-refractivity contribution in [2.75, 3.05) is 0 Å². The fourth-order valence-electron chi connectivity index (χ4n) is 3.88. The molecule has 0 aliphatic heterocycles. The maximum Gasteiger partial charge on any atom is 0.434 e. The molecule has 1 aliphatic rings. The van der Waals surface area contributed by atoms with Crippen molar-refractivity contribution in [1.82, 2.24) is 15.3 Å². The summed E-state index contributed by atoms with van der Waals surface area (Å²) in [6.45, 7) is 10.7. The van der Waals surface area contributed by atoms with Crippen LogP contribution in [-0.2, 0) is 10.6 Å². The Morgan fingerprint density at radius 1 is 1.15 bits per heavy atom. The molecule has 2 aromatic rings. The van der Waals surface area contributed by atoms with E-state index in [4.69, 9.17) is 16.0 Å². The molecule has 0 radical (unpaired) electrons. The lowest BCUT2D eigenvalue weighted by Crippen LogP contribution is -2.53. The molecule has 0 spiro atoms. The van der Waals surface area contributed by atoms with Gasteiger partial charge in [0.25, 0.3) is 5.91 Å². The predicted molar refractivity (Wildman–Crippen MR) is 128 cm³/mol. The summed E-state index contributed by atoms with van der Waals surface area (Å²) in [5.41, 5.74) is -0.486. The Kier molecular flexibility index (Phi) is 7.79. The highest BCUT2D eigenvalue weighted by atomic mass is 35.5. The highest BCUT2D eigenvalue weighted by Crippen LogP contribution is 2.42. The van der Waals surface area contributed by atoms with Crippen LogP contribution in [0.15, 0.2) is 36.5 Å². The summed E-state index contributed by atoms with van der Waals surface area (Å²) in [6.07, 6.45) is -1.75. The zero-order valence-corrected chi connectivity index (χ0v) is 21.8. The second-order valence-corrected chi connectivity index (χ2v) is 15.4. The van der Waals surface area contributed by atoms with E-state index in [1.807, 2.05) is 0 Å². The van der Waals surface area contributed by atoms with Gasteiger partial charge in [0.1, 0.15) is 5.69 Å². The Morgan fingerprint density at radius 2 is 1.85 bits per heavy atom. The molecule has 0 aromatic carbocycles. The molecular formula is C24H31ClF3N3O2Si-. The average molecular weight is 514 g/mol. The standard InChI is InChI=1S/C24H31ClF3N3O2Si/c1-23(2,3)34(4,5)33-20-12-9-15(17-11-10-16(25)21(30-17)24(26,27)28)14-19(20)31-22(32)18-8-6-7-13-29-18/h6-8,10-11,13,15,19-20H,9,12,14H2,1-5H3,(H,31,32)/q-1/t15-,19-,20-/m0/s1. The minimum atomic E-state index is -4.64. The van der Waals surface area contributed by atoms with Crippen LogP contribution in [0.5, 0.6) is 0 Å². The molecule has 5 nitrogen and oxygen atoms in total. The topological polar surface area (TPSA) is 64.1 Å². The summed E-state index contributed by atoms with van der Waals surface area (Å²) in [7, 11) is -2.16. The molecule has 10 heteroatoms. The minimum Gasteiger partial charge on any atom is -0.561 e. The Bertz CT molecular complexity index is 1010. The van der Waals surface area contributed by atoms with Gasteiger partial charge in [0.15, 0.2) is 5.69 Å². The normalized spacial score (nSPS) is 21.9. The van der Waals surface area contributed by atoms with Crippen LogP contribution in [0.25, 0.3) is 0 Å². The zero-order chi connectivity index (χ0) is 25.3. The Hall–Kier alpha value is -1.97. The van der Waals surface area contributed by atoms with Crippen LogP contribution in [0.4, 0.5) is 13.2 Å². The van der Waals surface area contributed by atoms with Gasteiger partial charge in [-0.3, -0.25) is 9.78 Å². The maximum atomic E-state index is 13.4. The lowest BCUT2D eigenvalue weighted by atomic mass is 9.81. The first-order chi connectivity index (χ1) is 15.7. The number of rotatable bonds is 5. The van der Waals surface area contributed by atoms with E-state index in [2.05, 4.69) is 49.1 Å². The summed E-state index contributed by atoms with van der Waals surface area (Å²) in [5, 5.41) is 2.58. The van der Waals surface area contributed by atoms with Crippen LogP contribution in [0.1, 0.15) is 67.8 Å². The van der Waals surface area contributed by atoms with Gasteiger partial charge in [-0.05, 0) is 51.8 Å². The highest BCUT2D eigenvalue weighted by molar-refractivity contribution is 6.74. The third-order valence-electron chi connectivity index (χ3n) is 6.81. The van der Waals surface area contributed by atoms with Crippen LogP contribution in [0.3, 0.4) is 0 Å². The van der Waals surface area contributed by atoms with E-state index in [1.54, 1.807) is 24.4 Å². The van der Waals surface area contributed by atoms with E-state index in [9.17, 15) is 18.0 Å². The average Bonchev–Trinajstić information content (AvgIpc) is 2.74. The maximum absolute atomic E-state index is 13.4. The van der Waals surface area contributed by atoms with Crippen molar-refractivity contribution in [2.45, 2.75) is 82.4 Å². The molecule has 1 fully saturated rings. The Labute approximate surface area is 204 Å². The van der Waals surface area contributed by atoms with E-state index in [0.29, 0.717) is 25.0 Å². The lowest BCUT2D eigenvalue weighted by Gasteiger charge is -2.53. The molecule has 0 bridgehead atoms. The second kappa shape index (κ2) is 9.95. The number of amides is 1. The van der Waals surface area contributed by atoms with Crippen LogP contribution in [0.2, 0.25) is 23.2 Å². The number of hydrogen-bond donors (Lipinski definition) is 1. The van der Waals surface area contributed by atoms with Gasteiger partial charge in [-0.1, -0.05) is 38.4 Å². The largest absolute Gasteiger partial charge is 0.561 e. The van der Waals surface area contributed by atoms with Gasteiger partial charge in [-0.15, -0.1) is 18.1 Å². The summed E-state index contributed by atoms with van der Waals surface area (Å²) in [4.78, 5) is 20.9. The van der Waals surface area contributed by atoms with Crippen LogP contribution in [0, 0.1) is 0 Å². The van der Waals surface area contributed by atoms with Gasteiger partial charge in [-0.2, -0.15) is 13.2 Å². The molecule has 1 saturated carbocycles. The molecule has 0 unspecified atom stereocenters. The molecule has 1 aliphatic carbocycles. The first kappa shape index (κ1) is 26.6. The number of nitrogens with one attached hydrogen (secondary N) is 1. The number of carbonyl (C=O) groups excluding carboxylic acids is 1. The van der Waals surface area contributed by atoms with Gasteiger partial charge in [0, 0.05) is 23.9 Å². The quantitative estimate of drug-likeness (QED) is 0.457. The van der Waals surface area contributed by atoms with Gasteiger partial charge in [0.2, 0.25) is 0 Å². The monoisotopic (exact) mass is 513 g/mol. The van der Waals surface area contributed by atoms with E-state index >= 15 is 0 Å². The second-order valence-electron chi connectivity index (χ2n) is 10.3. The third-order valence-corrected chi connectivity index (χ3v) is 11.6. The van der Waals surface area contributed by atoms with Gasteiger partial charge >= 0.3 is 6.18 Å². The van der Waals surface area contributed by atoms with Gasteiger partial charge in [-0.25, -0.2) is 4.98 Å². The first-order valence-electron chi connectivity index (χ1n) is 11.3. The Morgan fingerprint density at radius 3 is 2.44 bits per heavy atom. The van der Waals surface area contributed by atoms with Crippen molar-refractivity contribution < 1.29 is 22.4 Å². The number of halogens is 4. The summed E-state index contributed by atoms with van der Waals surface area (Å²) < 4.78 is 46.8. The number of alkyl halides is 3. The summed E-state index contributed by atoms with van der Waals surface area (Å²) in [6, 6.07) is 7.46. The predicted octanol–water partition coefficient (Wildman–Crippen LogP) is 6.61. The van der Waals surface area contributed by atoms with E-state index < -0.39 is 31.3 Å². The van der Waals surface area contributed by atoms with E-state index in [-0.39, 0.29) is 28.7 Å². The molecular weight excluding hydrogens is 483 g/mol. The molecule has 0 saturated heterocycles. The molecule has 3 rings (SSSR count). The lowest BCUT2D eigenvalue weighted by molar-refractivity contribution is -0.141. The highest BCUT2D eigenvalue weighted by Gasteiger charge is 2.39. The molecule has 1 amide bonds. The third kappa shape index (κ3) is 6.17. The fraction of sp³-hybridized carbons (Fsp3) is 0.542. The van der Waals surface area contributed by atoms with Crippen molar-refractivity contribution in [1.29, 1.82) is 0 Å². The molecule has 187 valence electrons. The van der Waals surface area contributed by atoms with Crippen molar-refractivity contribution in [2.24, 2.45) is 0 Å². The number of nitrogens with zero attached hydrogens (tertiary/aromatic N) is 2. The number of aromatic nitrogens is 2. The molecule has 1 N–H and O–H groups in total. The first-order valence-corrected chi connectivity index (χ1v) is 14.6. The van der Waals surface area contributed by atoms with E-state index in [1.165, 1.54) is 12.1 Å². The molecule has 3 atom stereocenters. The summed E-state index contributed by atoms with van der Waals surface area (Å²) in [5.74, 6) is -0.609. The van der Waals surface area contributed by atoms with Gasteiger partial charge in [0.05, 0.1) is 11.1 Å². The Balaban J connectivity index is 1.88. The smallest absolute Gasteiger partial charge is 0.434 e. The van der Waals surface area contributed by atoms with Crippen molar-refractivity contribution in [3.63, 3.8) is 0 Å². The molecule has 34 heavy (non-hydrogen) atoms. The number of hydrogen-bond acceptors (Lipinski definition) is 4. The number of carbonyl (C=O) groups is 1. The van der Waals surface area contributed by atoms with Gasteiger partial charge < -0.3 is 9.74 Å². The summed E-state index contributed by atoms with van der Waals surface area (Å²) >= 11 is 5.76. The van der Waals surface area contributed by atoms with Crippen LogP contribution >= 0.6 is 11.6 Å². The van der Waals surface area contributed by atoms with Crippen molar-refractivity contribution >= 4 is 25.8 Å². The minimum absolute atomic E-state index is 0.0290. The van der Waals surface area contributed by atoms with Crippen molar-refractivity contribution in [3.05, 3.63) is 58.6 Å². The van der Waals surface area contributed by atoms with Crippen molar-refractivity contribution in [3.8, 4) is 0 Å². The zero-order valence-electron chi connectivity index (χ0n) is 20.0. The molecule has 2 aromatic heterocycles. The number of pyridine rings is 2. The SMILES string of the molecule is CC(C)(C)[Si-](C)(C)O[C@H]1CC[C@H](c2ccc(Cl)c(C(F)(F)F)n2)C[C@@H]1NC(=O)c1ccccn1. The fourth-order valence-corrected chi connectivity index (χ4v) is 5.49. The van der Waals surface area contributed by atoms with Crippen LogP contribution in [-0.4, -0.2) is 36.3 Å². The van der Waals surface area contributed by atoms with Crippen LogP contribution < -0.4 is 5.32 Å². The molecule has 2 heterocycles.